The van der Waals surface area contributed by atoms with Crippen molar-refractivity contribution in [3.63, 3.8) is 0 Å². The van der Waals surface area contributed by atoms with Gasteiger partial charge in [0.1, 0.15) is 0 Å². The van der Waals surface area contributed by atoms with Crippen molar-refractivity contribution in [3.05, 3.63) is 0 Å². The zero-order valence-corrected chi connectivity index (χ0v) is 20.5. The average molecular weight is 393 g/mol. The zero-order chi connectivity index (χ0) is 18.6. The third kappa shape index (κ3) is 6.78. The SMILES string of the molecule is CCCCO[SiH](OCCCC)[C@](S)(CC(C)C)[Si](CC)(CC)CC. The molecule has 0 heterocycles. The quantitative estimate of drug-likeness (QED) is 0.205. The summed E-state index contributed by atoms with van der Waals surface area (Å²) in [6.45, 7) is 18.0. The van der Waals surface area contributed by atoms with E-state index in [0.717, 1.165) is 32.5 Å². The van der Waals surface area contributed by atoms with Gasteiger partial charge < -0.3 is 8.85 Å². The van der Waals surface area contributed by atoms with Crippen LogP contribution in [-0.2, 0) is 8.85 Å². The van der Waals surface area contributed by atoms with Crippen molar-refractivity contribution in [2.75, 3.05) is 13.2 Å². The summed E-state index contributed by atoms with van der Waals surface area (Å²) in [5.41, 5.74) is 0. The minimum atomic E-state index is -1.84. The van der Waals surface area contributed by atoms with Crippen LogP contribution in [0, 0.1) is 5.92 Å². The monoisotopic (exact) mass is 392 g/mol. The van der Waals surface area contributed by atoms with E-state index in [-0.39, 0.29) is 3.99 Å². The highest BCUT2D eigenvalue weighted by Crippen LogP contribution is 2.43. The van der Waals surface area contributed by atoms with Crippen LogP contribution in [0.4, 0.5) is 0 Å². The Morgan fingerprint density at radius 1 is 0.875 bits per heavy atom. The van der Waals surface area contributed by atoms with Crippen molar-refractivity contribution in [2.24, 2.45) is 5.92 Å². The molecular weight excluding hydrogens is 348 g/mol. The summed E-state index contributed by atoms with van der Waals surface area (Å²) in [4.78, 5) is 0. The molecule has 0 spiro atoms. The van der Waals surface area contributed by atoms with E-state index in [4.69, 9.17) is 21.5 Å². The third-order valence-electron chi connectivity index (χ3n) is 5.59. The van der Waals surface area contributed by atoms with E-state index in [2.05, 4.69) is 48.5 Å². The lowest BCUT2D eigenvalue weighted by atomic mass is 10.2. The molecule has 0 aliphatic rings. The first-order valence-electron chi connectivity index (χ1n) is 10.3. The summed E-state index contributed by atoms with van der Waals surface area (Å²) >= 11 is 5.45. The molecule has 0 saturated carbocycles. The fourth-order valence-electron chi connectivity index (χ4n) is 3.85. The minimum Gasteiger partial charge on any atom is -0.396 e. The molecule has 2 nitrogen and oxygen atoms in total. The molecule has 5 heteroatoms. The molecule has 0 radical (unpaired) electrons. The van der Waals surface area contributed by atoms with E-state index in [0.29, 0.717) is 5.92 Å². The van der Waals surface area contributed by atoms with Crippen LogP contribution in [0.15, 0.2) is 0 Å². The first kappa shape index (κ1) is 24.7. The van der Waals surface area contributed by atoms with E-state index >= 15 is 0 Å². The molecule has 24 heavy (non-hydrogen) atoms. The summed E-state index contributed by atoms with van der Waals surface area (Å²) in [5, 5.41) is 0. The molecule has 1 atom stereocenters. The van der Waals surface area contributed by atoms with Crippen molar-refractivity contribution in [1.29, 1.82) is 0 Å². The first-order valence-corrected chi connectivity index (χ1v) is 14.9. The standard InChI is InChI=1S/C19H44O2SSi2/c1-8-13-15-20-23(21-16-14-9-2)19(22,17-18(6)7)24(10-3,11-4)12-5/h18,22-23H,8-17H2,1-7H3/t19-/m1/s1. The smallest absolute Gasteiger partial charge is 0.334 e. The Hall–Kier alpha value is 0.704. The fourth-order valence-corrected chi connectivity index (χ4v) is 16.7. The van der Waals surface area contributed by atoms with Crippen LogP contribution in [-0.4, -0.2) is 34.6 Å². The summed E-state index contributed by atoms with van der Waals surface area (Å²) < 4.78 is 13.0. The van der Waals surface area contributed by atoms with Crippen LogP contribution in [0.3, 0.4) is 0 Å². The molecule has 0 aromatic heterocycles. The van der Waals surface area contributed by atoms with E-state index in [1.54, 1.807) is 0 Å². The second-order valence-corrected chi connectivity index (χ2v) is 17.8. The lowest BCUT2D eigenvalue weighted by Gasteiger charge is -2.49. The van der Waals surface area contributed by atoms with Crippen LogP contribution in [0.5, 0.6) is 0 Å². The van der Waals surface area contributed by atoms with Crippen molar-refractivity contribution in [1.82, 2.24) is 0 Å². The van der Waals surface area contributed by atoms with Gasteiger partial charge in [0.25, 0.3) is 0 Å². The lowest BCUT2D eigenvalue weighted by molar-refractivity contribution is 0.183. The zero-order valence-electron chi connectivity index (χ0n) is 17.5. The number of rotatable bonds is 15. The van der Waals surface area contributed by atoms with Crippen LogP contribution in [0.1, 0.15) is 80.6 Å². The van der Waals surface area contributed by atoms with Gasteiger partial charge in [-0.05, 0) is 25.2 Å². The van der Waals surface area contributed by atoms with E-state index in [1.165, 1.54) is 31.0 Å². The number of thiol groups is 1. The van der Waals surface area contributed by atoms with Gasteiger partial charge in [0, 0.05) is 17.2 Å². The van der Waals surface area contributed by atoms with Gasteiger partial charge in [0.2, 0.25) is 0 Å². The first-order chi connectivity index (χ1) is 11.4. The van der Waals surface area contributed by atoms with Gasteiger partial charge in [0.15, 0.2) is 0 Å². The second kappa shape index (κ2) is 13.0. The maximum Gasteiger partial charge on any atom is 0.334 e. The molecular formula is C19H44O2SSi2. The highest BCUT2D eigenvalue weighted by atomic mass is 32.1. The normalized spacial score (nSPS) is 15.2. The van der Waals surface area contributed by atoms with Crippen molar-refractivity contribution in [3.8, 4) is 0 Å². The van der Waals surface area contributed by atoms with E-state index < -0.39 is 17.4 Å². The van der Waals surface area contributed by atoms with Gasteiger partial charge in [-0.25, -0.2) is 0 Å². The molecule has 0 rings (SSSR count). The van der Waals surface area contributed by atoms with Gasteiger partial charge >= 0.3 is 9.28 Å². The van der Waals surface area contributed by atoms with Gasteiger partial charge in [-0.3, -0.25) is 0 Å². The minimum absolute atomic E-state index is 0.0287. The topological polar surface area (TPSA) is 18.5 Å². The number of hydrogen-bond donors (Lipinski definition) is 1. The second-order valence-electron chi connectivity index (χ2n) is 7.64. The molecule has 0 amide bonds. The summed E-state index contributed by atoms with van der Waals surface area (Å²) in [6.07, 6.45) is 5.76. The molecule has 0 aliphatic heterocycles. The molecule has 0 aromatic rings. The predicted octanol–water partition coefficient (Wildman–Crippen LogP) is 6.14. The van der Waals surface area contributed by atoms with Crippen LogP contribution < -0.4 is 0 Å². The van der Waals surface area contributed by atoms with Crippen molar-refractivity contribution < 1.29 is 8.85 Å². The Balaban J connectivity index is 5.59. The molecule has 146 valence electrons. The number of unbranched alkanes of at least 4 members (excludes halogenated alkanes) is 2. The van der Waals surface area contributed by atoms with Crippen molar-refractivity contribution >= 4 is 30.0 Å². The summed E-state index contributed by atoms with van der Waals surface area (Å²) in [7, 11) is -3.38. The molecule has 0 aliphatic carbocycles. The highest BCUT2D eigenvalue weighted by molar-refractivity contribution is 7.86. The molecule has 0 unspecified atom stereocenters. The molecule has 0 bridgehead atoms. The Bertz CT molecular complexity index is 293. The third-order valence-corrected chi connectivity index (χ3v) is 18.6. The molecule has 0 saturated heterocycles. The largest absolute Gasteiger partial charge is 0.396 e. The van der Waals surface area contributed by atoms with Gasteiger partial charge in [0.05, 0.1) is 8.07 Å². The van der Waals surface area contributed by atoms with Gasteiger partial charge in [-0.2, -0.15) is 12.6 Å². The maximum absolute atomic E-state index is 6.48. The van der Waals surface area contributed by atoms with Crippen LogP contribution >= 0.6 is 12.6 Å². The van der Waals surface area contributed by atoms with Crippen LogP contribution in [0.25, 0.3) is 0 Å². The van der Waals surface area contributed by atoms with E-state index in [9.17, 15) is 0 Å². The summed E-state index contributed by atoms with van der Waals surface area (Å²) in [6, 6.07) is 3.86. The Morgan fingerprint density at radius 2 is 1.29 bits per heavy atom. The lowest BCUT2D eigenvalue weighted by Crippen LogP contribution is -2.65. The average Bonchev–Trinajstić information content (AvgIpc) is 2.55. The fraction of sp³-hybridized carbons (Fsp3) is 1.00. The Labute approximate surface area is 160 Å². The van der Waals surface area contributed by atoms with Gasteiger partial charge in [-0.1, -0.05) is 79.4 Å². The van der Waals surface area contributed by atoms with Gasteiger partial charge in [-0.15, -0.1) is 0 Å². The Kier molecular flexibility index (Phi) is 13.3. The molecule has 0 N–H and O–H groups in total. The summed E-state index contributed by atoms with van der Waals surface area (Å²) in [5.74, 6) is 0.638. The molecule has 0 aromatic carbocycles. The number of hydrogen-bond acceptors (Lipinski definition) is 3. The predicted molar refractivity (Wildman–Crippen MR) is 117 cm³/mol. The Morgan fingerprint density at radius 3 is 1.58 bits per heavy atom. The highest BCUT2D eigenvalue weighted by Gasteiger charge is 2.55. The maximum atomic E-state index is 6.48. The van der Waals surface area contributed by atoms with Crippen LogP contribution in [0.2, 0.25) is 18.1 Å². The van der Waals surface area contributed by atoms with Crippen molar-refractivity contribution in [2.45, 2.75) is 103 Å². The molecule has 0 fully saturated rings. The van der Waals surface area contributed by atoms with E-state index in [1.807, 2.05) is 0 Å².